The molecule has 0 radical (unpaired) electrons. The standard InChI is InChI=1S/C29H36O10/c1-14-17(31)12-29(36)24(38-25(35)16-9-7-6-8-10-16)22-27(5,23(34)21(33)20(14)26(29,3)4)18(32)11-19-28(22,13-37-19)39-15(2)30/h6-10,17-19,21-22,24,31-33,36H,11-13H2,1-5H3/t17-,18+,19+,21+,22+,24-,27+,28+,29+/m0/s1. The van der Waals surface area contributed by atoms with Gasteiger partial charge >= 0.3 is 11.9 Å². The fraction of sp³-hybridized carbons (Fsp3) is 0.621. The highest BCUT2D eigenvalue weighted by molar-refractivity contribution is 5.94. The van der Waals surface area contributed by atoms with E-state index in [4.69, 9.17) is 14.2 Å². The largest absolute Gasteiger partial charge is 0.455 e. The van der Waals surface area contributed by atoms with E-state index in [-0.39, 0.29) is 30.6 Å². The molecule has 5 rings (SSSR count). The van der Waals surface area contributed by atoms with Gasteiger partial charge in [-0.3, -0.25) is 9.59 Å². The predicted octanol–water partition coefficient (Wildman–Crippen LogP) is 1.08. The van der Waals surface area contributed by atoms with E-state index in [0.29, 0.717) is 5.57 Å². The molecule has 4 N–H and O–H groups in total. The van der Waals surface area contributed by atoms with Crippen LogP contribution in [0.15, 0.2) is 41.5 Å². The minimum absolute atomic E-state index is 0.0828. The van der Waals surface area contributed by atoms with Crippen molar-refractivity contribution >= 4 is 17.7 Å². The third-order valence-corrected chi connectivity index (χ3v) is 9.95. The molecule has 4 aliphatic rings. The first-order valence-electron chi connectivity index (χ1n) is 13.2. The summed E-state index contributed by atoms with van der Waals surface area (Å²) in [4.78, 5) is 40.3. The number of benzene rings is 1. The normalized spacial score (nSPS) is 42.7. The van der Waals surface area contributed by atoms with Crippen LogP contribution >= 0.6 is 0 Å². The Labute approximate surface area is 226 Å². The molecular weight excluding hydrogens is 508 g/mol. The number of fused-ring (bicyclic) bond motifs is 5. The Bertz CT molecular complexity index is 1240. The van der Waals surface area contributed by atoms with E-state index in [9.17, 15) is 34.8 Å². The number of carbonyl (C=O) groups excluding carboxylic acids is 3. The van der Waals surface area contributed by atoms with Crippen molar-refractivity contribution in [2.75, 3.05) is 6.61 Å². The summed E-state index contributed by atoms with van der Waals surface area (Å²) in [7, 11) is 0. The number of Topliss-reactive ketones (excluding diaryl/α,β-unsaturated/α-hetero) is 1. The Morgan fingerprint density at radius 1 is 1.08 bits per heavy atom. The van der Waals surface area contributed by atoms with Crippen LogP contribution in [0.4, 0.5) is 0 Å². The molecule has 0 unspecified atom stereocenters. The molecule has 1 heterocycles. The van der Waals surface area contributed by atoms with Gasteiger partial charge in [-0.05, 0) is 37.1 Å². The monoisotopic (exact) mass is 544 g/mol. The number of aliphatic hydroxyl groups excluding tert-OH is 3. The second-order valence-electron chi connectivity index (χ2n) is 12.2. The minimum Gasteiger partial charge on any atom is -0.455 e. The summed E-state index contributed by atoms with van der Waals surface area (Å²) in [5.74, 6) is -3.60. The average molecular weight is 545 g/mol. The summed E-state index contributed by atoms with van der Waals surface area (Å²) in [6.07, 6.45) is -7.26. The fourth-order valence-corrected chi connectivity index (χ4v) is 7.66. The van der Waals surface area contributed by atoms with Gasteiger partial charge in [0.15, 0.2) is 11.4 Å². The molecule has 0 amide bonds. The number of ketones is 1. The molecule has 9 atom stereocenters. The van der Waals surface area contributed by atoms with Crippen LogP contribution in [0.5, 0.6) is 0 Å². The Kier molecular flexibility index (Phi) is 6.40. The second-order valence-corrected chi connectivity index (χ2v) is 12.2. The summed E-state index contributed by atoms with van der Waals surface area (Å²) in [6.45, 7) is 7.29. The lowest BCUT2D eigenvalue weighted by Gasteiger charge is -2.67. The molecule has 2 bridgehead atoms. The fourth-order valence-electron chi connectivity index (χ4n) is 7.66. The van der Waals surface area contributed by atoms with Crippen molar-refractivity contribution in [2.45, 2.75) is 89.2 Å². The number of esters is 2. The van der Waals surface area contributed by atoms with Crippen molar-refractivity contribution in [2.24, 2.45) is 16.7 Å². The van der Waals surface area contributed by atoms with Crippen LogP contribution in [0.3, 0.4) is 0 Å². The SMILES string of the molecule is CC(=O)O[C@]12CO[C@@H]1C[C@@H](O)[C@@]1(C)C(=O)[C@H](O)C3=C(C)[C@@H](O)C[C@@](O)([C@@H](OC(=O)c4ccccc4)[C@@H]21)C3(C)C. The molecule has 10 heteroatoms. The maximum absolute atomic E-state index is 14.3. The quantitative estimate of drug-likeness (QED) is 0.320. The molecule has 1 aromatic rings. The smallest absolute Gasteiger partial charge is 0.338 e. The zero-order valence-corrected chi connectivity index (χ0v) is 22.7. The Morgan fingerprint density at radius 3 is 2.28 bits per heavy atom. The average Bonchev–Trinajstić information content (AvgIpc) is 2.87. The van der Waals surface area contributed by atoms with Gasteiger partial charge in [0.2, 0.25) is 0 Å². The predicted molar refractivity (Wildman–Crippen MR) is 135 cm³/mol. The maximum atomic E-state index is 14.3. The number of carbonyl (C=O) groups is 3. The lowest BCUT2D eigenvalue weighted by molar-refractivity contribution is -0.345. The number of rotatable bonds is 3. The van der Waals surface area contributed by atoms with Crippen LogP contribution in [-0.4, -0.2) is 86.5 Å². The first-order valence-corrected chi connectivity index (χ1v) is 13.2. The highest BCUT2D eigenvalue weighted by atomic mass is 16.6. The maximum Gasteiger partial charge on any atom is 0.338 e. The zero-order chi connectivity index (χ0) is 28.7. The van der Waals surface area contributed by atoms with Crippen molar-refractivity contribution in [1.29, 1.82) is 0 Å². The Balaban J connectivity index is 1.81. The number of ether oxygens (including phenoxy) is 3. The molecule has 3 aliphatic carbocycles. The summed E-state index contributed by atoms with van der Waals surface area (Å²) < 4.78 is 17.7. The Hall–Kier alpha value is -2.63. The molecule has 39 heavy (non-hydrogen) atoms. The van der Waals surface area contributed by atoms with Crippen molar-refractivity contribution in [3.63, 3.8) is 0 Å². The number of aliphatic hydroxyl groups is 4. The van der Waals surface area contributed by atoms with Gasteiger partial charge in [-0.2, -0.15) is 0 Å². The van der Waals surface area contributed by atoms with Gasteiger partial charge in [0.1, 0.15) is 23.9 Å². The van der Waals surface area contributed by atoms with Crippen molar-refractivity contribution in [3.05, 3.63) is 47.0 Å². The molecule has 0 aromatic heterocycles. The summed E-state index contributed by atoms with van der Waals surface area (Å²) in [6, 6.07) is 8.08. The van der Waals surface area contributed by atoms with Gasteiger partial charge in [0.25, 0.3) is 0 Å². The summed E-state index contributed by atoms with van der Waals surface area (Å²) in [5, 5.41) is 46.7. The van der Waals surface area contributed by atoms with Gasteiger partial charge in [-0.1, -0.05) is 32.0 Å². The summed E-state index contributed by atoms with van der Waals surface area (Å²) in [5.41, 5.74) is -6.24. The van der Waals surface area contributed by atoms with E-state index in [0.717, 1.165) is 0 Å². The third kappa shape index (κ3) is 3.62. The van der Waals surface area contributed by atoms with Gasteiger partial charge in [-0.25, -0.2) is 4.79 Å². The number of hydrogen-bond acceptors (Lipinski definition) is 10. The van der Waals surface area contributed by atoms with Crippen LogP contribution in [-0.2, 0) is 23.8 Å². The second kappa shape index (κ2) is 8.94. The van der Waals surface area contributed by atoms with Crippen molar-refractivity contribution in [3.8, 4) is 0 Å². The van der Waals surface area contributed by atoms with Crippen LogP contribution in [0, 0.1) is 16.7 Å². The van der Waals surface area contributed by atoms with Crippen LogP contribution in [0.2, 0.25) is 0 Å². The summed E-state index contributed by atoms with van der Waals surface area (Å²) >= 11 is 0. The van der Waals surface area contributed by atoms with Crippen LogP contribution < -0.4 is 0 Å². The molecule has 1 aromatic carbocycles. The van der Waals surface area contributed by atoms with E-state index >= 15 is 0 Å². The van der Waals surface area contributed by atoms with Crippen molar-refractivity contribution in [1.82, 2.24) is 0 Å². The molecule has 3 fully saturated rings. The molecule has 212 valence electrons. The van der Waals surface area contributed by atoms with E-state index < -0.39 is 76.2 Å². The topological polar surface area (TPSA) is 160 Å². The van der Waals surface area contributed by atoms with Gasteiger partial charge in [-0.15, -0.1) is 0 Å². The molecule has 0 spiro atoms. The minimum atomic E-state index is -2.07. The first-order chi connectivity index (χ1) is 18.1. The van der Waals surface area contributed by atoms with Crippen LogP contribution in [0.1, 0.15) is 57.8 Å². The van der Waals surface area contributed by atoms with E-state index in [2.05, 4.69) is 0 Å². The molecule has 1 saturated heterocycles. The zero-order valence-electron chi connectivity index (χ0n) is 22.7. The van der Waals surface area contributed by atoms with Gasteiger partial charge in [0, 0.05) is 25.2 Å². The highest BCUT2D eigenvalue weighted by Crippen LogP contribution is 2.63. The molecule has 2 saturated carbocycles. The number of hydrogen-bond donors (Lipinski definition) is 4. The molecule has 10 nitrogen and oxygen atoms in total. The molecule has 1 aliphatic heterocycles. The highest BCUT2D eigenvalue weighted by Gasteiger charge is 2.77. The lowest BCUT2D eigenvalue weighted by atomic mass is 9.44. The Morgan fingerprint density at radius 2 is 1.72 bits per heavy atom. The first kappa shape index (κ1) is 27.9. The third-order valence-electron chi connectivity index (χ3n) is 9.95. The van der Waals surface area contributed by atoms with E-state index in [1.165, 1.54) is 26.0 Å². The van der Waals surface area contributed by atoms with Gasteiger partial charge < -0.3 is 34.6 Å². The van der Waals surface area contributed by atoms with Gasteiger partial charge in [0.05, 0.1) is 35.7 Å². The van der Waals surface area contributed by atoms with Crippen LogP contribution in [0.25, 0.3) is 0 Å². The molecular formula is C29H36O10. The lowest BCUT2D eigenvalue weighted by Crippen LogP contribution is -2.81. The van der Waals surface area contributed by atoms with E-state index in [1.807, 2.05) is 0 Å². The van der Waals surface area contributed by atoms with Crippen molar-refractivity contribution < 1.29 is 49.0 Å². The van der Waals surface area contributed by atoms with E-state index in [1.54, 1.807) is 39.0 Å².